The molecule has 1 atom stereocenters. The molecule has 6 rings (SSSR count). The van der Waals surface area contributed by atoms with Crippen molar-refractivity contribution in [3.63, 3.8) is 0 Å². The molecule has 0 fully saturated rings. The van der Waals surface area contributed by atoms with Crippen LogP contribution < -0.4 is 15.0 Å². The van der Waals surface area contributed by atoms with Crippen LogP contribution in [-0.2, 0) is 10.3 Å². The lowest BCUT2D eigenvalue weighted by Gasteiger charge is -2.38. The second-order valence-electron chi connectivity index (χ2n) is 9.84. The highest BCUT2D eigenvalue weighted by Gasteiger charge is 2.54. The monoisotopic (exact) mass is 476 g/mol. The van der Waals surface area contributed by atoms with E-state index < -0.39 is 5.60 Å². The number of hydrogen-bond donors (Lipinski definition) is 1. The molecule has 0 saturated carbocycles. The minimum atomic E-state index is -1.05. The largest absolute Gasteiger partial charge is 0.456 e. The maximum absolute atomic E-state index is 13.1. The third-order valence-corrected chi connectivity index (χ3v) is 7.36. The van der Waals surface area contributed by atoms with Crippen LogP contribution in [0.4, 0.5) is 17.1 Å². The van der Waals surface area contributed by atoms with Crippen molar-refractivity contribution in [3.05, 3.63) is 112 Å². The number of rotatable bonds is 3. The van der Waals surface area contributed by atoms with Gasteiger partial charge in [0.2, 0.25) is 0 Å². The van der Waals surface area contributed by atoms with E-state index in [0.717, 1.165) is 56.2 Å². The van der Waals surface area contributed by atoms with Crippen molar-refractivity contribution in [2.45, 2.75) is 26.4 Å². The van der Waals surface area contributed by atoms with E-state index in [-0.39, 0.29) is 5.97 Å². The zero-order valence-electron chi connectivity index (χ0n) is 21.1. The molecular formula is C31H28N2O3. The highest BCUT2D eigenvalue weighted by molar-refractivity contribution is 5.97. The van der Waals surface area contributed by atoms with E-state index in [1.165, 1.54) is 0 Å². The van der Waals surface area contributed by atoms with Crippen molar-refractivity contribution < 1.29 is 14.3 Å². The lowest BCUT2D eigenvalue weighted by Crippen LogP contribution is -2.34. The minimum Gasteiger partial charge on any atom is -0.456 e. The predicted octanol–water partition coefficient (Wildman–Crippen LogP) is 6.99. The van der Waals surface area contributed by atoms with Crippen LogP contribution in [0.15, 0.2) is 72.8 Å². The molecule has 1 unspecified atom stereocenters. The zero-order chi connectivity index (χ0) is 25.2. The second-order valence-corrected chi connectivity index (χ2v) is 9.84. The molecule has 2 heterocycles. The number of esters is 1. The quantitative estimate of drug-likeness (QED) is 0.323. The number of fused-ring (bicyclic) bond motifs is 6. The Hall–Kier alpha value is -4.25. The van der Waals surface area contributed by atoms with E-state index in [4.69, 9.17) is 9.47 Å². The van der Waals surface area contributed by atoms with Crippen molar-refractivity contribution in [2.24, 2.45) is 0 Å². The summed E-state index contributed by atoms with van der Waals surface area (Å²) in [5.74, 6) is 1.12. The van der Waals surface area contributed by atoms with Gasteiger partial charge in [0.25, 0.3) is 0 Å². The summed E-state index contributed by atoms with van der Waals surface area (Å²) in [6, 6.07) is 24.1. The number of carbonyl (C=O) groups excluding carboxylic acids is 1. The van der Waals surface area contributed by atoms with Gasteiger partial charge in [-0.05, 0) is 79.9 Å². The Labute approximate surface area is 211 Å². The fourth-order valence-electron chi connectivity index (χ4n) is 5.45. The van der Waals surface area contributed by atoms with Crippen molar-refractivity contribution in [3.8, 4) is 11.5 Å². The third-order valence-electron chi connectivity index (χ3n) is 7.36. The van der Waals surface area contributed by atoms with E-state index in [0.29, 0.717) is 11.3 Å². The number of hydrogen-bond acceptors (Lipinski definition) is 5. The van der Waals surface area contributed by atoms with Gasteiger partial charge in [0.1, 0.15) is 11.5 Å². The molecule has 5 heteroatoms. The Morgan fingerprint density at radius 1 is 0.806 bits per heavy atom. The number of nitrogens with one attached hydrogen (secondary N) is 1. The highest BCUT2D eigenvalue weighted by atomic mass is 16.6. The van der Waals surface area contributed by atoms with Gasteiger partial charge in [0, 0.05) is 48.4 Å². The summed E-state index contributed by atoms with van der Waals surface area (Å²) in [7, 11) is 4.05. The molecule has 2 aliphatic heterocycles. The molecule has 4 aromatic carbocycles. The van der Waals surface area contributed by atoms with Gasteiger partial charge >= 0.3 is 5.97 Å². The van der Waals surface area contributed by atoms with Gasteiger partial charge in [0.15, 0.2) is 5.60 Å². The van der Waals surface area contributed by atoms with Crippen LogP contribution >= 0.6 is 0 Å². The lowest BCUT2D eigenvalue weighted by atomic mass is 9.75. The number of anilines is 3. The summed E-state index contributed by atoms with van der Waals surface area (Å²) in [4.78, 5) is 15.2. The first-order valence-corrected chi connectivity index (χ1v) is 12.1. The van der Waals surface area contributed by atoms with Crippen molar-refractivity contribution >= 4 is 23.0 Å². The fourth-order valence-corrected chi connectivity index (χ4v) is 5.45. The second kappa shape index (κ2) is 7.89. The van der Waals surface area contributed by atoms with Gasteiger partial charge in [-0.15, -0.1) is 0 Å². The molecular weight excluding hydrogens is 448 g/mol. The summed E-state index contributed by atoms with van der Waals surface area (Å²) in [5, 5.41) is 3.48. The number of ether oxygens (including phenoxy) is 2. The van der Waals surface area contributed by atoms with Crippen LogP contribution in [0.1, 0.15) is 43.7 Å². The predicted molar refractivity (Wildman–Crippen MR) is 143 cm³/mol. The SMILES string of the molecule is Cc1cc(C)c2c(c1C)Oc1cc(Nc3ccc(N(C)C)cc3)ccc1C21OC(=O)c2ccccc21. The van der Waals surface area contributed by atoms with Gasteiger partial charge in [-0.3, -0.25) is 0 Å². The standard InChI is InChI=1S/C31H28N2O3/c1-18-16-19(2)28-29(20(18)3)35-27-17-22(32-21-10-13-23(14-11-21)33(4)5)12-15-26(27)31(28)25-9-7-6-8-24(25)30(34)36-31/h6-17,32H,1-5H3. The smallest absolute Gasteiger partial charge is 0.340 e. The van der Waals surface area contributed by atoms with Gasteiger partial charge in [0.05, 0.1) is 11.1 Å². The first kappa shape index (κ1) is 22.2. The third kappa shape index (κ3) is 3.12. The van der Waals surface area contributed by atoms with Crippen LogP contribution in [0.3, 0.4) is 0 Å². The Balaban J connectivity index is 1.53. The molecule has 0 radical (unpaired) electrons. The molecule has 1 spiro atoms. The highest BCUT2D eigenvalue weighted by Crippen LogP contribution is 2.58. The molecule has 5 nitrogen and oxygen atoms in total. The summed E-state index contributed by atoms with van der Waals surface area (Å²) in [6.07, 6.45) is 0. The van der Waals surface area contributed by atoms with Gasteiger partial charge in [-0.1, -0.05) is 24.3 Å². The molecule has 4 aromatic rings. The summed E-state index contributed by atoms with van der Waals surface area (Å²) in [6.45, 7) is 6.20. The average molecular weight is 477 g/mol. The molecule has 2 aliphatic rings. The lowest BCUT2D eigenvalue weighted by molar-refractivity contribution is 0.0222. The maximum atomic E-state index is 13.1. The molecule has 0 aromatic heterocycles. The molecule has 0 aliphatic carbocycles. The van der Waals surface area contributed by atoms with Crippen LogP contribution in [0.5, 0.6) is 11.5 Å². The van der Waals surface area contributed by atoms with Crippen molar-refractivity contribution in [2.75, 3.05) is 24.3 Å². The molecule has 1 N–H and O–H groups in total. The Bertz CT molecular complexity index is 1540. The van der Waals surface area contributed by atoms with Crippen LogP contribution in [-0.4, -0.2) is 20.1 Å². The topological polar surface area (TPSA) is 50.8 Å². The molecule has 36 heavy (non-hydrogen) atoms. The molecule has 0 amide bonds. The summed E-state index contributed by atoms with van der Waals surface area (Å²) in [5.41, 5.74) is 8.34. The molecule has 180 valence electrons. The first-order chi connectivity index (χ1) is 17.3. The first-order valence-electron chi connectivity index (χ1n) is 12.1. The minimum absolute atomic E-state index is 0.315. The van der Waals surface area contributed by atoms with Crippen molar-refractivity contribution in [1.82, 2.24) is 0 Å². The Kier molecular flexibility index (Phi) is 4.87. The number of benzene rings is 4. The average Bonchev–Trinajstić information content (AvgIpc) is 3.15. The van der Waals surface area contributed by atoms with E-state index in [9.17, 15) is 4.79 Å². The van der Waals surface area contributed by atoms with E-state index in [2.05, 4.69) is 61.3 Å². The van der Waals surface area contributed by atoms with Crippen LogP contribution in [0, 0.1) is 20.8 Å². The number of nitrogens with zero attached hydrogens (tertiary/aromatic N) is 1. The zero-order valence-corrected chi connectivity index (χ0v) is 21.1. The van der Waals surface area contributed by atoms with Crippen LogP contribution in [0.25, 0.3) is 0 Å². The van der Waals surface area contributed by atoms with Gasteiger partial charge in [-0.2, -0.15) is 0 Å². The molecule has 0 bridgehead atoms. The van der Waals surface area contributed by atoms with Crippen molar-refractivity contribution in [1.29, 1.82) is 0 Å². The number of aryl methyl sites for hydroxylation is 2. The Morgan fingerprint density at radius 3 is 2.28 bits per heavy atom. The van der Waals surface area contributed by atoms with E-state index in [1.54, 1.807) is 0 Å². The number of carbonyl (C=O) groups is 1. The fraction of sp³-hybridized carbons (Fsp3) is 0.194. The Morgan fingerprint density at radius 2 is 1.53 bits per heavy atom. The molecule has 0 saturated heterocycles. The van der Waals surface area contributed by atoms with E-state index >= 15 is 0 Å². The van der Waals surface area contributed by atoms with Gasteiger partial charge < -0.3 is 19.7 Å². The van der Waals surface area contributed by atoms with E-state index in [1.807, 2.05) is 56.6 Å². The normalized spacial score (nSPS) is 17.1. The maximum Gasteiger partial charge on any atom is 0.340 e. The van der Waals surface area contributed by atoms with Gasteiger partial charge in [-0.25, -0.2) is 4.79 Å². The summed E-state index contributed by atoms with van der Waals surface area (Å²) >= 11 is 0. The summed E-state index contributed by atoms with van der Waals surface area (Å²) < 4.78 is 12.9. The van der Waals surface area contributed by atoms with Crippen LogP contribution in [0.2, 0.25) is 0 Å².